The summed E-state index contributed by atoms with van der Waals surface area (Å²) in [6, 6.07) is 12.8. The number of hydrogen-bond donors (Lipinski definition) is 3. The molecule has 0 bridgehead atoms. The molecule has 1 fully saturated rings. The second kappa shape index (κ2) is 8.96. The van der Waals surface area contributed by atoms with Crippen LogP contribution in [0.5, 0.6) is 0 Å². The Labute approximate surface area is 174 Å². The lowest BCUT2D eigenvalue weighted by molar-refractivity contribution is 0.0686. The van der Waals surface area contributed by atoms with Crippen LogP contribution in [0.4, 0.5) is 4.79 Å². The van der Waals surface area contributed by atoms with Gasteiger partial charge in [0.2, 0.25) is 0 Å². The number of carbonyl (C=O) groups excluding carboxylic acids is 1. The first kappa shape index (κ1) is 21.3. The Morgan fingerprint density at radius 3 is 2.00 bits per heavy atom. The maximum atomic E-state index is 12.3. The maximum absolute atomic E-state index is 12.3. The van der Waals surface area contributed by atoms with Crippen molar-refractivity contribution < 1.29 is 29.3 Å². The zero-order valence-electron chi connectivity index (χ0n) is 16.7. The second-order valence-corrected chi connectivity index (χ2v) is 7.32. The molecule has 2 aromatic carbocycles. The summed E-state index contributed by atoms with van der Waals surface area (Å²) in [5.74, 6) is -1.96. The van der Waals surface area contributed by atoms with E-state index in [1.807, 2.05) is 13.8 Å². The van der Waals surface area contributed by atoms with Crippen LogP contribution in [0.3, 0.4) is 0 Å². The molecule has 1 saturated heterocycles. The van der Waals surface area contributed by atoms with Gasteiger partial charge in [0, 0.05) is 12.6 Å². The van der Waals surface area contributed by atoms with E-state index in [4.69, 9.17) is 14.9 Å². The molecule has 0 aliphatic carbocycles. The Balaban J connectivity index is 1.56. The van der Waals surface area contributed by atoms with Crippen molar-refractivity contribution in [2.45, 2.75) is 32.0 Å². The third-order valence-electron chi connectivity index (χ3n) is 5.32. The maximum Gasteiger partial charge on any atom is 0.410 e. The van der Waals surface area contributed by atoms with Crippen molar-refractivity contribution in [3.05, 3.63) is 70.8 Å². The van der Waals surface area contributed by atoms with Gasteiger partial charge in [0.15, 0.2) is 0 Å². The Morgan fingerprint density at radius 1 is 1.00 bits per heavy atom. The van der Waals surface area contributed by atoms with E-state index in [0.717, 1.165) is 11.1 Å². The summed E-state index contributed by atoms with van der Waals surface area (Å²) in [6.45, 7) is 4.70. The SMILES string of the molecule is C[C@H](NC[C@H]1CN([C@@H](C)c2ccc(C(=O)O)cc2)C(=O)O1)c1ccc(C(=O)O)cc1. The average Bonchev–Trinajstić information content (AvgIpc) is 3.12. The lowest BCUT2D eigenvalue weighted by atomic mass is 10.0. The van der Waals surface area contributed by atoms with E-state index in [2.05, 4.69) is 5.32 Å². The molecule has 0 saturated carbocycles. The Kier molecular flexibility index (Phi) is 6.37. The highest BCUT2D eigenvalue weighted by Gasteiger charge is 2.35. The number of nitrogens with zero attached hydrogens (tertiary/aromatic N) is 1. The second-order valence-electron chi connectivity index (χ2n) is 7.32. The van der Waals surface area contributed by atoms with E-state index >= 15 is 0 Å². The number of benzene rings is 2. The highest BCUT2D eigenvalue weighted by Crippen LogP contribution is 2.26. The van der Waals surface area contributed by atoms with Gasteiger partial charge in [-0.05, 0) is 49.2 Å². The molecule has 3 N–H and O–H groups in total. The number of rotatable bonds is 8. The molecule has 8 nitrogen and oxygen atoms in total. The topological polar surface area (TPSA) is 116 Å². The van der Waals surface area contributed by atoms with Crippen molar-refractivity contribution in [2.24, 2.45) is 0 Å². The van der Waals surface area contributed by atoms with E-state index in [0.29, 0.717) is 13.1 Å². The summed E-state index contributed by atoms with van der Waals surface area (Å²) in [7, 11) is 0. The van der Waals surface area contributed by atoms with E-state index in [1.54, 1.807) is 41.3 Å². The molecule has 30 heavy (non-hydrogen) atoms. The van der Waals surface area contributed by atoms with Crippen LogP contribution in [0, 0.1) is 0 Å². The first-order chi connectivity index (χ1) is 14.3. The van der Waals surface area contributed by atoms with Gasteiger partial charge >= 0.3 is 18.0 Å². The van der Waals surface area contributed by atoms with Gasteiger partial charge in [0.05, 0.1) is 23.7 Å². The first-order valence-corrected chi connectivity index (χ1v) is 9.63. The minimum Gasteiger partial charge on any atom is -0.478 e. The van der Waals surface area contributed by atoms with Crippen molar-refractivity contribution >= 4 is 18.0 Å². The Hall–Kier alpha value is -3.39. The predicted molar refractivity (Wildman–Crippen MR) is 109 cm³/mol. The highest BCUT2D eigenvalue weighted by atomic mass is 16.6. The number of amides is 1. The van der Waals surface area contributed by atoms with Crippen LogP contribution in [0.25, 0.3) is 0 Å². The van der Waals surface area contributed by atoms with E-state index in [9.17, 15) is 14.4 Å². The standard InChI is InChI=1S/C22H24N2O6/c1-13(15-3-7-17(8-4-15)20(25)26)23-11-19-12-24(22(29)30-19)14(2)16-5-9-18(10-6-16)21(27)28/h3-10,13-14,19,23H,11-12H2,1-2H3,(H,25,26)(H,27,28)/t13-,14-,19-/m0/s1. The minimum atomic E-state index is -0.993. The lowest BCUT2D eigenvalue weighted by Gasteiger charge is -2.22. The third-order valence-corrected chi connectivity index (χ3v) is 5.32. The molecule has 0 radical (unpaired) electrons. The van der Waals surface area contributed by atoms with Crippen molar-refractivity contribution in [3.8, 4) is 0 Å². The van der Waals surface area contributed by atoms with Crippen LogP contribution in [-0.2, 0) is 4.74 Å². The summed E-state index contributed by atoms with van der Waals surface area (Å²) >= 11 is 0. The van der Waals surface area contributed by atoms with Crippen molar-refractivity contribution in [2.75, 3.05) is 13.1 Å². The van der Waals surface area contributed by atoms with Crippen LogP contribution >= 0.6 is 0 Å². The summed E-state index contributed by atoms with van der Waals surface area (Å²) in [5.41, 5.74) is 2.20. The number of carboxylic acids is 2. The smallest absolute Gasteiger partial charge is 0.410 e. The number of cyclic esters (lactones) is 1. The molecule has 1 aliphatic heterocycles. The van der Waals surface area contributed by atoms with E-state index in [1.165, 1.54) is 12.1 Å². The summed E-state index contributed by atoms with van der Waals surface area (Å²) in [5, 5.41) is 21.3. The minimum absolute atomic E-state index is 0.0402. The first-order valence-electron chi connectivity index (χ1n) is 9.63. The number of hydrogen-bond acceptors (Lipinski definition) is 5. The van der Waals surface area contributed by atoms with Gasteiger partial charge in [0.25, 0.3) is 0 Å². The molecule has 3 rings (SSSR count). The fourth-order valence-corrected chi connectivity index (χ4v) is 3.39. The van der Waals surface area contributed by atoms with E-state index < -0.39 is 18.0 Å². The molecule has 0 unspecified atom stereocenters. The molecular formula is C22H24N2O6. The summed E-state index contributed by atoms with van der Waals surface area (Å²) in [6.07, 6.45) is -0.728. The van der Waals surface area contributed by atoms with Gasteiger partial charge in [0.1, 0.15) is 6.10 Å². The van der Waals surface area contributed by atoms with Crippen molar-refractivity contribution in [1.82, 2.24) is 10.2 Å². The van der Waals surface area contributed by atoms with E-state index in [-0.39, 0.29) is 29.3 Å². The molecule has 158 valence electrons. The highest BCUT2D eigenvalue weighted by molar-refractivity contribution is 5.88. The van der Waals surface area contributed by atoms with Crippen molar-refractivity contribution in [1.29, 1.82) is 0 Å². The average molecular weight is 412 g/mol. The van der Waals surface area contributed by atoms with Crippen LogP contribution in [-0.4, -0.2) is 52.3 Å². The van der Waals surface area contributed by atoms with Gasteiger partial charge in [-0.25, -0.2) is 14.4 Å². The molecule has 3 atom stereocenters. The molecule has 1 heterocycles. The zero-order valence-corrected chi connectivity index (χ0v) is 16.7. The molecular weight excluding hydrogens is 388 g/mol. The quantitative estimate of drug-likeness (QED) is 0.609. The Bertz CT molecular complexity index is 926. The third kappa shape index (κ3) is 4.77. The number of ether oxygens (including phenoxy) is 1. The lowest BCUT2D eigenvalue weighted by Crippen LogP contribution is -2.33. The molecule has 1 amide bonds. The molecule has 0 spiro atoms. The van der Waals surface area contributed by atoms with Gasteiger partial charge in [-0.1, -0.05) is 24.3 Å². The van der Waals surface area contributed by atoms with Crippen LogP contribution in [0.2, 0.25) is 0 Å². The van der Waals surface area contributed by atoms with Crippen LogP contribution in [0.15, 0.2) is 48.5 Å². The molecule has 2 aromatic rings. The zero-order chi connectivity index (χ0) is 21.8. The molecule has 0 aromatic heterocycles. The number of carbonyl (C=O) groups is 3. The fraction of sp³-hybridized carbons (Fsp3) is 0.318. The fourth-order valence-electron chi connectivity index (χ4n) is 3.39. The normalized spacial score (nSPS) is 18.0. The van der Waals surface area contributed by atoms with Gasteiger partial charge < -0.3 is 20.3 Å². The summed E-state index contributed by atoms with van der Waals surface area (Å²) < 4.78 is 5.47. The van der Waals surface area contributed by atoms with Crippen molar-refractivity contribution in [3.63, 3.8) is 0 Å². The van der Waals surface area contributed by atoms with Gasteiger partial charge in [-0.3, -0.25) is 4.90 Å². The van der Waals surface area contributed by atoms with Crippen LogP contribution < -0.4 is 5.32 Å². The van der Waals surface area contributed by atoms with Gasteiger partial charge in [-0.15, -0.1) is 0 Å². The Morgan fingerprint density at radius 2 is 1.50 bits per heavy atom. The number of carboxylic acid groups (broad SMARTS) is 2. The number of nitrogens with one attached hydrogen (secondary N) is 1. The largest absolute Gasteiger partial charge is 0.478 e. The monoisotopic (exact) mass is 412 g/mol. The molecule has 8 heteroatoms. The molecule has 1 aliphatic rings. The predicted octanol–water partition coefficient (Wildman–Crippen LogP) is 3.32. The van der Waals surface area contributed by atoms with Gasteiger partial charge in [-0.2, -0.15) is 0 Å². The summed E-state index contributed by atoms with van der Waals surface area (Å²) in [4.78, 5) is 35.9. The number of aromatic carboxylic acids is 2. The van der Waals surface area contributed by atoms with Crippen LogP contribution in [0.1, 0.15) is 57.8 Å².